The number of halogens is 1. The SMILES string of the molecule is CC1CCN(c2ccc(N3C(=S)NC(c4ccccn4)C3c3cccn3-c3ccc(N(C)C)cc3)cc2Cl)CC1. The fraction of sp³-hybridized carbons (Fsp3) is 0.312. The van der Waals surface area contributed by atoms with E-state index in [1.807, 2.05) is 18.3 Å². The molecule has 0 spiro atoms. The van der Waals surface area contributed by atoms with Gasteiger partial charge in [-0.1, -0.05) is 24.6 Å². The fourth-order valence-electron chi connectivity index (χ4n) is 5.87. The van der Waals surface area contributed by atoms with Crippen molar-refractivity contribution >= 4 is 46.0 Å². The van der Waals surface area contributed by atoms with E-state index in [0.717, 1.165) is 58.2 Å². The van der Waals surface area contributed by atoms with E-state index in [4.69, 9.17) is 28.8 Å². The molecule has 2 fully saturated rings. The Bertz CT molecular complexity index is 1480. The van der Waals surface area contributed by atoms with Crippen molar-refractivity contribution in [3.8, 4) is 5.69 Å². The van der Waals surface area contributed by atoms with E-state index < -0.39 is 0 Å². The first kappa shape index (κ1) is 26.7. The number of anilines is 3. The quantitative estimate of drug-likeness (QED) is 0.252. The Morgan fingerprint density at radius 1 is 0.950 bits per heavy atom. The molecule has 2 aliphatic rings. The van der Waals surface area contributed by atoms with Crippen molar-refractivity contribution in [2.75, 3.05) is 41.9 Å². The molecule has 2 aromatic carbocycles. The van der Waals surface area contributed by atoms with Gasteiger partial charge in [-0.15, -0.1) is 0 Å². The summed E-state index contributed by atoms with van der Waals surface area (Å²) < 4.78 is 2.24. The zero-order chi connectivity index (χ0) is 27.8. The smallest absolute Gasteiger partial charge is 0.174 e. The Labute approximate surface area is 247 Å². The van der Waals surface area contributed by atoms with Gasteiger partial charge in [-0.25, -0.2) is 0 Å². The number of hydrogen-bond donors (Lipinski definition) is 1. The van der Waals surface area contributed by atoms with E-state index in [9.17, 15) is 0 Å². The molecule has 40 heavy (non-hydrogen) atoms. The first-order valence-corrected chi connectivity index (χ1v) is 14.7. The van der Waals surface area contributed by atoms with Crippen molar-refractivity contribution in [3.05, 3.63) is 102 Å². The molecule has 0 bridgehead atoms. The molecule has 0 saturated carbocycles. The summed E-state index contributed by atoms with van der Waals surface area (Å²) in [6, 6.07) is 25.0. The minimum Gasteiger partial charge on any atom is -0.378 e. The summed E-state index contributed by atoms with van der Waals surface area (Å²) in [6.45, 7) is 4.40. The molecule has 2 unspecified atom stereocenters. The van der Waals surface area contributed by atoms with Crippen LogP contribution in [0.15, 0.2) is 85.2 Å². The number of thiocarbonyl (C=S) groups is 1. The average molecular weight is 571 g/mol. The van der Waals surface area contributed by atoms with E-state index in [0.29, 0.717) is 5.11 Å². The molecule has 2 atom stereocenters. The van der Waals surface area contributed by atoms with Gasteiger partial charge in [-0.05, 0) is 97.7 Å². The molecule has 206 valence electrons. The maximum Gasteiger partial charge on any atom is 0.174 e. The van der Waals surface area contributed by atoms with Crippen LogP contribution in [0.25, 0.3) is 5.69 Å². The molecular weight excluding hydrogens is 536 g/mol. The lowest BCUT2D eigenvalue weighted by atomic mass is 9.98. The van der Waals surface area contributed by atoms with E-state index in [1.165, 1.54) is 12.8 Å². The average Bonchev–Trinajstić information content (AvgIpc) is 3.58. The van der Waals surface area contributed by atoms with Crippen LogP contribution in [0.1, 0.15) is 43.2 Å². The Kier molecular flexibility index (Phi) is 7.43. The zero-order valence-electron chi connectivity index (χ0n) is 23.2. The molecule has 4 aromatic rings. The highest BCUT2D eigenvalue weighted by atomic mass is 35.5. The van der Waals surface area contributed by atoms with E-state index >= 15 is 0 Å². The molecule has 0 amide bonds. The molecule has 8 heteroatoms. The van der Waals surface area contributed by atoms with Crippen molar-refractivity contribution in [2.45, 2.75) is 31.8 Å². The van der Waals surface area contributed by atoms with Gasteiger partial charge in [0.25, 0.3) is 0 Å². The normalized spacial score (nSPS) is 19.6. The molecule has 0 aliphatic carbocycles. The van der Waals surface area contributed by atoms with Crippen molar-refractivity contribution in [1.82, 2.24) is 14.9 Å². The van der Waals surface area contributed by atoms with Crippen molar-refractivity contribution < 1.29 is 0 Å². The molecule has 1 N–H and O–H groups in total. The summed E-state index contributed by atoms with van der Waals surface area (Å²) in [5.74, 6) is 0.766. The summed E-state index contributed by atoms with van der Waals surface area (Å²) in [5.41, 5.74) is 6.38. The molecule has 2 aromatic heterocycles. The number of rotatable bonds is 6. The minimum atomic E-state index is -0.135. The number of benzene rings is 2. The number of hydrogen-bond acceptors (Lipinski definition) is 4. The second-order valence-corrected chi connectivity index (χ2v) is 11.8. The maximum absolute atomic E-state index is 6.97. The van der Waals surface area contributed by atoms with Gasteiger partial charge in [0.1, 0.15) is 6.04 Å². The molecule has 2 aliphatic heterocycles. The van der Waals surface area contributed by atoms with Crippen LogP contribution in [-0.2, 0) is 0 Å². The Morgan fingerprint density at radius 2 is 1.70 bits per heavy atom. The topological polar surface area (TPSA) is 39.6 Å². The molecule has 6 nitrogen and oxygen atoms in total. The Morgan fingerprint density at radius 3 is 2.38 bits per heavy atom. The highest BCUT2D eigenvalue weighted by molar-refractivity contribution is 7.80. The van der Waals surface area contributed by atoms with Crippen LogP contribution in [0.2, 0.25) is 5.02 Å². The lowest BCUT2D eigenvalue weighted by Gasteiger charge is -2.33. The third kappa shape index (κ3) is 5.04. The Hall–Kier alpha value is -3.55. The van der Waals surface area contributed by atoms with Crippen LogP contribution in [0.5, 0.6) is 0 Å². The van der Waals surface area contributed by atoms with Crippen LogP contribution in [0.3, 0.4) is 0 Å². The second kappa shape index (κ2) is 11.1. The van der Waals surface area contributed by atoms with Crippen LogP contribution in [-0.4, -0.2) is 41.8 Å². The van der Waals surface area contributed by atoms with Gasteiger partial charge in [0.05, 0.1) is 22.4 Å². The predicted octanol–water partition coefficient (Wildman–Crippen LogP) is 7.01. The molecular formula is C32H35ClN6S. The van der Waals surface area contributed by atoms with Gasteiger partial charge < -0.3 is 24.6 Å². The number of nitrogens with one attached hydrogen (secondary N) is 1. The van der Waals surface area contributed by atoms with Gasteiger partial charge in [0.2, 0.25) is 0 Å². The summed E-state index contributed by atoms with van der Waals surface area (Å²) in [7, 11) is 4.11. The number of pyridine rings is 1. The lowest BCUT2D eigenvalue weighted by Crippen LogP contribution is -2.33. The summed E-state index contributed by atoms with van der Waals surface area (Å²) in [5, 5.41) is 5.00. The van der Waals surface area contributed by atoms with E-state index in [2.05, 4.69) is 112 Å². The Balaban J connectivity index is 1.41. The minimum absolute atomic E-state index is 0.134. The standard InChI is InChI=1S/C32H35ClN6S/c1-22-15-19-37(20-16-22)28-14-13-25(21-26(28)33)39-31(30(35-32(39)40)27-7-4-5-17-34-27)29-8-6-18-38(29)24-11-9-23(10-12-24)36(2)3/h4-14,17-18,21-22,30-31H,15-16,19-20H2,1-3H3,(H,35,40). The number of aromatic nitrogens is 2. The fourth-order valence-corrected chi connectivity index (χ4v) is 6.51. The summed E-state index contributed by atoms with van der Waals surface area (Å²) in [4.78, 5) is 11.4. The summed E-state index contributed by atoms with van der Waals surface area (Å²) in [6.07, 6.45) is 6.34. The number of nitrogens with zero attached hydrogens (tertiary/aromatic N) is 5. The number of piperidine rings is 1. The predicted molar refractivity (Wildman–Crippen MR) is 170 cm³/mol. The highest BCUT2D eigenvalue weighted by Gasteiger charge is 2.42. The largest absolute Gasteiger partial charge is 0.378 e. The van der Waals surface area contributed by atoms with E-state index in [-0.39, 0.29) is 12.1 Å². The van der Waals surface area contributed by atoms with Crippen LogP contribution in [0.4, 0.5) is 17.1 Å². The monoisotopic (exact) mass is 570 g/mol. The van der Waals surface area contributed by atoms with Gasteiger partial charge in [0.15, 0.2) is 5.11 Å². The van der Waals surface area contributed by atoms with Gasteiger partial charge >= 0.3 is 0 Å². The van der Waals surface area contributed by atoms with Crippen molar-refractivity contribution in [2.24, 2.45) is 5.92 Å². The molecule has 2 saturated heterocycles. The van der Waals surface area contributed by atoms with Gasteiger partial charge in [-0.3, -0.25) is 4.98 Å². The maximum atomic E-state index is 6.97. The molecule has 6 rings (SSSR count). The van der Waals surface area contributed by atoms with Gasteiger partial charge in [0, 0.05) is 62.3 Å². The van der Waals surface area contributed by atoms with Gasteiger partial charge in [-0.2, -0.15) is 0 Å². The molecule has 4 heterocycles. The van der Waals surface area contributed by atoms with Crippen molar-refractivity contribution in [1.29, 1.82) is 0 Å². The van der Waals surface area contributed by atoms with Crippen LogP contribution in [0, 0.1) is 5.92 Å². The third-order valence-electron chi connectivity index (χ3n) is 8.16. The lowest BCUT2D eigenvalue weighted by molar-refractivity contribution is 0.438. The molecule has 0 radical (unpaired) electrons. The first-order chi connectivity index (χ1) is 19.4. The first-order valence-electron chi connectivity index (χ1n) is 13.9. The van der Waals surface area contributed by atoms with Crippen molar-refractivity contribution in [3.63, 3.8) is 0 Å². The zero-order valence-corrected chi connectivity index (χ0v) is 24.7. The third-order valence-corrected chi connectivity index (χ3v) is 8.78. The summed E-state index contributed by atoms with van der Waals surface area (Å²) >= 11 is 13.0. The second-order valence-electron chi connectivity index (χ2n) is 11.0. The highest BCUT2D eigenvalue weighted by Crippen LogP contribution is 2.44. The van der Waals surface area contributed by atoms with Crippen LogP contribution < -0.4 is 20.0 Å². The van der Waals surface area contributed by atoms with Crippen LogP contribution >= 0.6 is 23.8 Å². The van der Waals surface area contributed by atoms with E-state index in [1.54, 1.807) is 0 Å².